The average Bonchev–Trinajstić information content (AvgIpc) is 3.16. The Kier molecular flexibility index (Phi) is 8.91. The molecule has 4 aliphatic rings. The van der Waals surface area contributed by atoms with Crippen LogP contribution in [-0.4, -0.2) is 34.5 Å². The predicted molar refractivity (Wildman–Crippen MR) is 150 cm³/mol. The van der Waals surface area contributed by atoms with Gasteiger partial charge in [0, 0.05) is 13.0 Å². The van der Waals surface area contributed by atoms with Crippen molar-refractivity contribution >= 4 is 5.97 Å². The van der Waals surface area contributed by atoms with Crippen molar-refractivity contribution in [2.24, 2.45) is 46.3 Å². The zero-order valence-electron chi connectivity index (χ0n) is 24.7. The maximum absolute atomic E-state index is 12.5. The fourth-order valence-electron chi connectivity index (χ4n) is 9.62. The molecule has 3 fully saturated rings. The van der Waals surface area contributed by atoms with Crippen molar-refractivity contribution in [3.05, 3.63) is 11.6 Å². The third-order valence-electron chi connectivity index (χ3n) is 11.7. The van der Waals surface area contributed by atoms with Gasteiger partial charge in [0.05, 0.1) is 12.0 Å². The summed E-state index contributed by atoms with van der Waals surface area (Å²) in [6.07, 6.45) is 16.4. The highest BCUT2D eigenvalue weighted by Crippen LogP contribution is 2.67. The quantitative estimate of drug-likeness (QED) is 0.233. The zero-order valence-corrected chi connectivity index (χ0v) is 24.7. The number of aliphatic hydroxyl groups is 2. The molecule has 212 valence electrons. The van der Waals surface area contributed by atoms with Crippen molar-refractivity contribution < 1.29 is 19.7 Å². The molecule has 3 saturated carbocycles. The number of esters is 1. The first-order valence-corrected chi connectivity index (χ1v) is 15.6. The van der Waals surface area contributed by atoms with Gasteiger partial charge in [0.25, 0.3) is 0 Å². The summed E-state index contributed by atoms with van der Waals surface area (Å²) in [7, 11) is 0. The molecule has 0 aromatic rings. The van der Waals surface area contributed by atoms with E-state index in [-0.39, 0.29) is 36.9 Å². The first kappa shape index (κ1) is 29.1. The summed E-state index contributed by atoms with van der Waals surface area (Å²) >= 11 is 0. The van der Waals surface area contributed by atoms with Gasteiger partial charge in [-0.25, -0.2) is 0 Å². The molecule has 0 saturated heterocycles. The van der Waals surface area contributed by atoms with Crippen LogP contribution >= 0.6 is 0 Å². The molecular formula is C33H56O4. The average molecular weight is 517 g/mol. The Balaban J connectivity index is 1.39. The van der Waals surface area contributed by atoms with Crippen molar-refractivity contribution in [2.45, 2.75) is 137 Å². The lowest BCUT2D eigenvalue weighted by atomic mass is 9.47. The van der Waals surface area contributed by atoms with Crippen molar-refractivity contribution in [1.82, 2.24) is 0 Å². The lowest BCUT2D eigenvalue weighted by Gasteiger charge is -2.58. The van der Waals surface area contributed by atoms with Gasteiger partial charge in [-0.15, -0.1) is 0 Å². The molecule has 0 aromatic carbocycles. The number of rotatable bonds is 10. The van der Waals surface area contributed by atoms with Gasteiger partial charge >= 0.3 is 5.97 Å². The molecule has 4 aliphatic carbocycles. The number of hydrogen-bond acceptors (Lipinski definition) is 4. The van der Waals surface area contributed by atoms with Gasteiger partial charge < -0.3 is 14.9 Å². The van der Waals surface area contributed by atoms with Crippen LogP contribution in [0.15, 0.2) is 11.6 Å². The Morgan fingerprint density at radius 1 is 1.11 bits per heavy atom. The van der Waals surface area contributed by atoms with E-state index in [9.17, 15) is 9.90 Å². The summed E-state index contributed by atoms with van der Waals surface area (Å²) in [5.41, 5.74) is 1.08. The number of carbonyl (C=O) groups is 1. The van der Waals surface area contributed by atoms with Gasteiger partial charge in [0.1, 0.15) is 6.10 Å². The number of fused-ring (bicyclic) bond motifs is 5. The van der Waals surface area contributed by atoms with E-state index in [2.05, 4.69) is 40.7 Å². The van der Waals surface area contributed by atoms with E-state index in [4.69, 9.17) is 9.84 Å². The van der Waals surface area contributed by atoms with E-state index in [0.29, 0.717) is 5.41 Å². The molecule has 2 N–H and O–H groups in total. The van der Waals surface area contributed by atoms with Crippen LogP contribution in [0.4, 0.5) is 0 Å². The Morgan fingerprint density at radius 2 is 1.86 bits per heavy atom. The Hall–Kier alpha value is -0.870. The fraction of sp³-hybridized carbons (Fsp3) is 0.909. The smallest absolute Gasteiger partial charge is 0.308 e. The summed E-state index contributed by atoms with van der Waals surface area (Å²) in [6.45, 7) is 13.9. The van der Waals surface area contributed by atoms with E-state index in [1.165, 1.54) is 56.9 Å². The van der Waals surface area contributed by atoms with Gasteiger partial charge in [0.15, 0.2) is 0 Å². The topological polar surface area (TPSA) is 66.8 Å². The summed E-state index contributed by atoms with van der Waals surface area (Å²) in [4.78, 5) is 12.5. The van der Waals surface area contributed by atoms with Crippen LogP contribution in [0.25, 0.3) is 0 Å². The molecule has 37 heavy (non-hydrogen) atoms. The van der Waals surface area contributed by atoms with Crippen molar-refractivity contribution in [3.63, 3.8) is 0 Å². The largest absolute Gasteiger partial charge is 0.462 e. The molecule has 0 aromatic heterocycles. The third-order valence-corrected chi connectivity index (χ3v) is 11.7. The van der Waals surface area contributed by atoms with Gasteiger partial charge in [0.2, 0.25) is 0 Å². The summed E-state index contributed by atoms with van der Waals surface area (Å²) in [5.74, 6) is 4.66. The van der Waals surface area contributed by atoms with Crippen molar-refractivity contribution in [3.8, 4) is 0 Å². The van der Waals surface area contributed by atoms with Crippen LogP contribution in [0, 0.1) is 46.3 Å². The predicted octanol–water partition coefficient (Wildman–Crippen LogP) is 7.46. The van der Waals surface area contributed by atoms with E-state index in [0.717, 1.165) is 54.8 Å². The van der Waals surface area contributed by atoms with E-state index in [1.54, 1.807) is 6.92 Å². The molecule has 0 spiro atoms. The minimum absolute atomic E-state index is 0.0532. The fourth-order valence-corrected chi connectivity index (χ4v) is 9.62. The summed E-state index contributed by atoms with van der Waals surface area (Å²) < 4.78 is 5.85. The van der Waals surface area contributed by atoms with Crippen molar-refractivity contribution in [2.75, 3.05) is 6.61 Å². The highest BCUT2D eigenvalue weighted by atomic mass is 16.5. The summed E-state index contributed by atoms with van der Waals surface area (Å²) in [5, 5.41) is 19.4. The summed E-state index contributed by atoms with van der Waals surface area (Å²) in [6, 6.07) is 0. The highest BCUT2D eigenvalue weighted by molar-refractivity contribution is 5.70. The molecule has 4 rings (SSSR count). The maximum atomic E-state index is 12.5. The molecule has 0 aliphatic heterocycles. The Labute approximate surface area is 227 Å². The van der Waals surface area contributed by atoms with Crippen LogP contribution in [0.1, 0.15) is 125 Å². The van der Waals surface area contributed by atoms with Crippen molar-refractivity contribution in [1.29, 1.82) is 0 Å². The molecule has 0 bridgehead atoms. The van der Waals surface area contributed by atoms with E-state index < -0.39 is 5.60 Å². The standard InChI is InChI=1S/C33H56O4/c1-22(2)8-7-9-23(3)27-12-13-28-26-11-10-24-20-25(37-30(35)21-31(4,36)18-19-34)14-16-32(24,5)29(26)15-17-33(27,28)6/h10,22-23,25-29,34,36H,7-9,11-21H2,1-6H3/t23-,25+,26+,27-,28+,29+,31-,32+,33-/m1/s1. The second-order valence-corrected chi connectivity index (χ2v) is 14.8. The Bertz CT molecular complexity index is 830. The first-order chi connectivity index (χ1) is 17.4. The van der Waals surface area contributed by atoms with Gasteiger partial charge in [-0.3, -0.25) is 4.79 Å². The second kappa shape index (κ2) is 11.3. The zero-order chi connectivity index (χ0) is 27.0. The van der Waals surface area contributed by atoms with Crippen LogP contribution in [0.3, 0.4) is 0 Å². The number of aliphatic hydroxyl groups excluding tert-OH is 1. The molecule has 0 amide bonds. The number of hydrogen-bond donors (Lipinski definition) is 2. The second-order valence-electron chi connectivity index (χ2n) is 14.8. The maximum Gasteiger partial charge on any atom is 0.308 e. The number of allylic oxidation sites excluding steroid dienone is 1. The number of ether oxygens (including phenoxy) is 1. The Morgan fingerprint density at radius 3 is 2.57 bits per heavy atom. The lowest BCUT2D eigenvalue weighted by molar-refractivity contribution is -0.156. The molecule has 4 heteroatoms. The van der Waals surface area contributed by atoms with Gasteiger partial charge in [-0.1, -0.05) is 65.5 Å². The van der Waals surface area contributed by atoms with E-state index in [1.807, 2.05) is 0 Å². The third kappa shape index (κ3) is 6.01. The van der Waals surface area contributed by atoms with Crippen LogP contribution in [0.5, 0.6) is 0 Å². The molecular weight excluding hydrogens is 460 g/mol. The minimum Gasteiger partial charge on any atom is -0.462 e. The molecule has 4 nitrogen and oxygen atoms in total. The first-order valence-electron chi connectivity index (χ1n) is 15.6. The van der Waals surface area contributed by atoms with Crippen LogP contribution < -0.4 is 0 Å². The monoisotopic (exact) mass is 516 g/mol. The SMILES string of the molecule is CC(C)CCC[C@@H](C)[C@H]1CC[C@H]2[C@@H]3CC=C4C[C@@H](OC(=O)C[C@](C)(O)CCO)CC[C@]4(C)[C@H]3CC[C@]12C. The van der Waals surface area contributed by atoms with E-state index >= 15 is 0 Å². The lowest BCUT2D eigenvalue weighted by Crippen LogP contribution is -2.51. The number of carbonyl (C=O) groups excluding carboxylic acids is 1. The van der Waals surface area contributed by atoms with Gasteiger partial charge in [-0.2, -0.15) is 0 Å². The minimum atomic E-state index is -1.20. The molecule has 0 heterocycles. The molecule has 0 unspecified atom stereocenters. The molecule has 0 radical (unpaired) electrons. The van der Waals surface area contributed by atoms with Crippen LogP contribution in [-0.2, 0) is 9.53 Å². The normalized spacial score (nSPS) is 39.7. The highest BCUT2D eigenvalue weighted by Gasteiger charge is 2.59. The molecule has 9 atom stereocenters. The van der Waals surface area contributed by atoms with Crippen LogP contribution in [0.2, 0.25) is 0 Å². The van der Waals surface area contributed by atoms with Gasteiger partial charge in [-0.05, 0) is 105 Å².